The molecule has 1 aliphatic heterocycles. The zero-order chi connectivity index (χ0) is 20.8. The molecule has 1 atom stereocenters. The largest absolute Gasteiger partial charge is 0.497 e. The molecule has 0 radical (unpaired) electrons. The Morgan fingerprint density at radius 3 is 2.90 bits per heavy atom. The van der Waals surface area contributed by atoms with Crippen molar-refractivity contribution in [3.8, 4) is 5.75 Å². The molecule has 3 rings (SSSR count). The van der Waals surface area contributed by atoms with Gasteiger partial charge >= 0.3 is 0 Å². The van der Waals surface area contributed by atoms with Gasteiger partial charge in [0.25, 0.3) is 5.91 Å². The van der Waals surface area contributed by atoms with Crippen molar-refractivity contribution in [1.82, 2.24) is 20.2 Å². The number of methoxy groups -OCH3 is 1. The number of hydrogen-bond donors (Lipinski definition) is 1. The fourth-order valence-electron chi connectivity index (χ4n) is 3.90. The highest BCUT2D eigenvalue weighted by atomic mass is 16.5. The number of likely N-dealkylation sites (tertiary alicyclic amines) is 1. The maximum absolute atomic E-state index is 12.7. The minimum atomic E-state index is -0.153. The summed E-state index contributed by atoms with van der Waals surface area (Å²) in [6.45, 7) is 8.95. The molecule has 0 bridgehead atoms. The summed E-state index contributed by atoms with van der Waals surface area (Å²) in [6.07, 6.45) is 5.19. The second-order valence-corrected chi connectivity index (χ2v) is 8.16. The van der Waals surface area contributed by atoms with Gasteiger partial charge in [-0.05, 0) is 49.9 Å². The van der Waals surface area contributed by atoms with Crippen molar-refractivity contribution in [3.63, 3.8) is 0 Å². The molecule has 6 nitrogen and oxygen atoms in total. The quantitative estimate of drug-likeness (QED) is 0.769. The van der Waals surface area contributed by atoms with Crippen LogP contribution >= 0.6 is 0 Å². The molecule has 1 fully saturated rings. The van der Waals surface area contributed by atoms with Crippen molar-refractivity contribution < 1.29 is 9.53 Å². The Morgan fingerprint density at radius 1 is 1.34 bits per heavy atom. The topological polar surface area (TPSA) is 67.3 Å². The molecular formula is C23H32N4O2. The minimum Gasteiger partial charge on any atom is -0.497 e. The zero-order valence-corrected chi connectivity index (χ0v) is 17.9. The highest BCUT2D eigenvalue weighted by Gasteiger charge is 2.27. The summed E-state index contributed by atoms with van der Waals surface area (Å²) in [4.78, 5) is 24.5. The fraction of sp³-hybridized carbons (Fsp3) is 0.522. The van der Waals surface area contributed by atoms with Crippen molar-refractivity contribution in [3.05, 3.63) is 53.1 Å². The predicted octanol–water partition coefficient (Wildman–Crippen LogP) is 3.91. The van der Waals surface area contributed by atoms with Gasteiger partial charge in [-0.25, -0.2) is 9.97 Å². The van der Waals surface area contributed by atoms with Crippen LogP contribution in [-0.4, -0.2) is 41.0 Å². The number of benzene rings is 1. The van der Waals surface area contributed by atoms with E-state index < -0.39 is 0 Å². The SMILES string of the molecule is COc1cccc(CNC(=O)c2cnc([C@@H]3CCCCN3CC(C)C)nc2C)c1. The molecular weight excluding hydrogens is 364 g/mol. The van der Waals surface area contributed by atoms with Gasteiger partial charge in [0.2, 0.25) is 0 Å². The minimum absolute atomic E-state index is 0.153. The predicted molar refractivity (Wildman–Crippen MR) is 114 cm³/mol. The van der Waals surface area contributed by atoms with Crippen molar-refractivity contribution in [2.45, 2.75) is 52.6 Å². The van der Waals surface area contributed by atoms with Gasteiger partial charge in [-0.15, -0.1) is 0 Å². The number of nitrogens with one attached hydrogen (secondary N) is 1. The maximum atomic E-state index is 12.7. The van der Waals surface area contributed by atoms with Crippen molar-refractivity contribution >= 4 is 5.91 Å². The molecule has 6 heteroatoms. The monoisotopic (exact) mass is 396 g/mol. The number of carbonyl (C=O) groups excluding carboxylic acids is 1. The Bertz CT molecular complexity index is 837. The lowest BCUT2D eigenvalue weighted by Crippen LogP contribution is -2.37. The van der Waals surface area contributed by atoms with E-state index in [2.05, 4.69) is 29.0 Å². The van der Waals surface area contributed by atoms with E-state index >= 15 is 0 Å². The first-order chi connectivity index (χ1) is 14.0. The van der Waals surface area contributed by atoms with E-state index in [0.29, 0.717) is 18.0 Å². The van der Waals surface area contributed by atoms with Crippen molar-refractivity contribution in [2.75, 3.05) is 20.2 Å². The Labute approximate surface area is 173 Å². The third-order valence-electron chi connectivity index (χ3n) is 5.34. The number of aryl methyl sites for hydroxylation is 1. The maximum Gasteiger partial charge on any atom is 0.254 e. The lowest BCUT2D eigenvalue weighted by molar-refractivity contribution is 0.0948. The third-order valence-corrected chi connectivity index (χ3v) is 5.34. The number of nitrogens with zero attached hydrogens (tertiary/aromatic N) is 3. The number of piperidine rings is 1. The Kier molecular flexibility index (Phi) is 7.20. The van der Waals surface area contributed by atoms with Crippen LogP contribution in [0.5, 0.6) is 5.75 Å². The van der Waals surface area contributed by atoms with Crippen LogP contribution in [0.15, 0.2) is 30.5 Å². The van der Waals surface area contributed by atoms with Crippen LogP contribution in [0.2, 0.25) is 0 Å². The summed E-state index contributed by atoms with van der Waals surface area (Å²) in [7, 11) is 1.63. The molecule has 1 aliphatic rings. The fourth-order valence-corrected chi connectivity index (χ4v) is 3.90. The molecule has 29 heavy (non-hydrogen) atoms. The second-order valence-electron chi connectivity index (χ2n) is 8.16. The molecule has 1 amide bonds. The molecule has 2 aromatic rings. The number of rotatable bonds is 7. The van der Waals surface area contributed by atoms with Gasteiger partial charge in [0.05, 0.1) is 24.4 Å². The van der Waals surface area contributed by atoms with Crippen LogP contribution in [0, 0.1) is 12.8 Å². The normalized spacial score (nSPS) is 17.3. The van der Waals surface area contributed by atoms with E-state index in [1.165, 1.54) is 12.8 Å². The highest BCUT2D eigenvalue weighted by Crippen LogP contribution is 2.29. The molecule has 0 aliphatic carbocycles. The molecule has 0 unspecified atom stereocenters. The second kappa shape index (κ2) is 9.83. The summed E-state index contributed by atoms with van der Waals surface area (Å²) in [6, 6.07) is 7.92. The van der Waals surface area contributed by atoms with E-state index in [4.69, 9.17) is 9.72 Å². The van der Waals surface area contributed by atoms with E-state index in [9.17, 15) is 4.79 Å². The number of ether oxygens (including phenoxy) is 1. The number of carbonyl (C=O) groups is 1. The van der Waals surface area contributed by atoms with Gasteiger partial charge in [0.1, 0.15) is 11.6 Å². The molecule has 1 aromatic heterocycles. The Hall–Kier alpha value is -2.47. The Morgan fingerprint density at radius 2 is 2.17 bits per heavy atom. The lowest BCUT2D eigenvalue weighted by atomic mass is 9.99. The first-order valence-electron chi connectivity index (χ1n) is 10.5. The molecule has 1 N–H and O–H groups in total. The molecule has 0 spiro atoms. The molecule has 2 heterocycles. The Balaban J connectivity index is 1.68. The number of hydrogen-bond acceptors (Lipinski definition) is 5. The van der Waals surface area contributed by atoms with Crippen molar-refractivity contribution in [2.24, 2.45) is 5.92 Å². The van der Waals surface area contributed by atoms with Crippen LogP contribution in [0.1, 0.15) is 66.6 Å². The van der Waals surface area contributed by atoms with E-state index in [1.807, 2.05) is 31.2 Å². The zero-order valence-electron chi connectivity index (χ0n) is 17.9. The van der Waals surface area contributed by atoms with E-state index in [1.54, 1.807) is 13.3 Å². The van der Waals surface area contributed by atoms with E-state index in [-0.39, 0.29) is 11.9 Å². The summed E-state index contributed by atoms with van der Waals surface area (Å²) >= 11 is 0. The first-order valence-corrected chi connectivity index (χ1v) is 10.5. The van der Waals surface area contributed by atoms with Crippen LogP contribution in [0.3, 0.4) is 0 Å². The van der Waals surface area contributed by atoms with Gasteiger partial charge < -0.3 is 10.1 Å². The van der Waals surface area contributed by atoms with Gasteiger partial charge in [-0.2, -0.15) is 0 Å². The van der Waals surface area contributed by atoms with Gasteiger partial charge in [0.15, 0.2) is 0 Å². The molecule has 156 valence electrons. The summed E-state index contributed by atoms with van der Waals surface area (Å²) in [5.74, 6) is 2.07. The van der Waals surface area contributed by atoms with Gasteiger partial charge in [-0.3, -0.25) is 9.69 Å². The first kappa shape index (κ1) is 21.2. The highest BCUT2D eigenvalue weighted by molar-refractivity contribution is 5.94. The third kappa shape index (κ3) is 5.54. The number of aromatic nitrogens is 2. The van der Waals surface area contributed by atoms with E-state index in [0.717, 1.165) is 42.3 Å². The summed E-state index contributed by atoms with van der Waals surface area (Å²) < 4.78 is 5.23. The van der Waals surface area contributed by atoms with Crippen LogP contribution in [0.25, 0.3) is 0 Å². The smallest absolute Gasteiger partial charge is 0.254 e. The standard InChI is InChI=1S/C23H32N4O2/c1-16(2)15-27-11-6-5-10-21(27)22-24-14-20(17(3)26-22)23(28)25-13-18-8-7-9-19(12-18)29-4/h7-9,12,14,16,21H,5-6,10-11,13,15H2,1-4H3,(H,25,28)/t21-/m0/s1. The van der Waals surface area contributed by atoms with Gasteiger partial charge in [0, 0.05) is 19.3 Å². The molecule has 1 saturated heterocycles. The molecule has 1 aromatic carbocycles. The van der Waals surface area contributed by atoms with Crippen LogP contribution < -0.4 is 10.1 Å². The van der Waals surface area contributed by atoms with Crippen LogP contribution in [0.4, 0.5) is 0 Å². The van der Waals surface area contributed by atoms with Crippen molar-refractivity contribution in [1.29, 1.82) is 0 Å². The molecule has 0 saturated carbocycles. The summed E-state index contributed by atoms with van der Waals surface area (Å²) in [5.41, 5.74) is 2.25. The average molecular weight is 397 g/mol. The summed E-state index contributed by atoms with van der Waals surface area (Å²) in [5, 5.41) is 2.96. The van der Waals surface area contributed by atoms with Gasteiger partial charge in [-0.1, -0.05) is 32.4 Å². The lowest BCUT2D eigenvalue weighted by Gasteiger charge is -2.35. The van der Waals surface area contributed by atoms with Crippen LogP contribution in [-0.2, 0) is 6.54 Å². The average Bonchev–Trinajstić information content (AvgIpc) is 2.72. The number of amides is 1.